The number of esters is 1. The first kappa shape index (κ1) is 13.9. The third-order valence-corrected chi connectivity index (χ3v) is 3.08. The summed E-state index contributed by atoms with van der Waals surface area (Å²) in [5, 5.41) is 8.90. The van der Waals surface area contributed by atoms with Crippen molar-refractivity contribution >= 4 is 30.2 Å². The molecule has 17 heavy (non-hydrogen) atoms. The van der Waals surface area contributed by atoms with E-state index < -0.39 is 0 Å². The number of rotatable bonds is 4. The Kier molecular flexibility index (Phi) is 5.33. The van der Waals surface area contributed by atoms with Crippen molar-refractivity contribution in [2.24, 2.45) is 0 Å². The summed E-state index contributed by atoms with van der Waals surface area (Å²) in [7, 11) is 0. The first-order valence-corrected chi connectivity index (χ1v) is 6.07. The van der Waals surface area contributed by atoms with Gasteiger partial charge in [-0.25, -0.2) is 0 Å². The van der Waals surface area contributed by atoms with Crippen LogP contribution in [0.15, 0.2) is 17.0 Å². The number of halogens is 1. The van der Waals surface area contributed by atoms with E-state index in [9.17, 15) is 4.79 Å². The number of alkyl halides is 1. The van der Waals surface area contributed by atoms with Crippen LogP contribution in [0.4, 0.5) is 0 Å². The van der Waals surface area contributed by atoms with E-state index in [-0.39, 0.29) is 18.3 Å². The predicted octanol–water partition coefficient (Wildman–Crippen LogP) is 2.69. The van der Waals surface area contributed by atoms with Gasteiger partial charge in [0.25, 0.3) is 0 Å². The van der Waals surface area contributed by atoms with Crippen molar-refractivity contribution in [2.75, 3.05) is 6.61 Å². The van der Waals surface area contributed by atoms with E-state index in [0.29, 0.717) is 22.6 Å². The number of benzene rings is 1. The Labute approximate surface area is 111 Å². The molecule has 90 valence electrons. The second kappa shape index (κ2) is 6.53. The molecule has 0 N–H and O–H groups in total. The highest BCUT2D eigenvalue weighted by atomic mass is 35.5. The van der Waals surface area contributed by atoms with Crippen molar-refractivity contribution in [3.8, 4) is 6.07 Å². The number of carbonyl (C=O) groups excluding carboxylic acids is 1. The summed E-state index contributed by atoms with van der Waals surface area (Å²) in [6.07, 6.45) is 0.141. The number of thiol groups is 1. The van der Waals surface area contributed by atoms with Crippen LogP contribution in [0.5, 0.6) is 0 Å². The molecule has 0 heterocycles. The number of carbonyl (C=O) groups is 1. The van der Waals surface area contributed by atoms with Crippen LogP contribution in [-0.4, -0.2) is 12.6 Å². The van der Waals surface area contributed by atoms with Crippen LogP contribution in [0, 0.1) is 11.3 Å². The van der Waals surface area contributed by atoms with Gasteiger partial charge in [0.1, 0.15) is 0 Å². The van der Waals surface area contributed by atoms with Gasteiger partial charge in [-0.15, -0.1) is 24.2 Å². The van der Waals surface area contributed by atoms with E-state index in [1.807, 2.05) is 6.07 Å². The fraction of sp³-hybridized carbons (Fsp3) is 0.333. The van der Waals surface area contributed by atoms with Gasteiger partial charge < -0.3 is 4.74 Å². The summed E-state index contributed by atoms with van der Waals surface area (Å²) in [4.78, 5) is 12.0. The summed E-state index contributed by atoms with van der Waals surface area (Å²) >= 11 is 10.1. The average Bonchev–Trinajstić information content (AvgIpc) is 2.31. The standard InChI is InChI=1S/C12H12ClNO2S/c1-2-16-11(15)5-8-3-4-9(7-14)10(6-13)12(8)17/h3-4,17H,2,5-6H2,1H3. The number of nitriles is 1. The summed E-state index contributed by atoms with van der Waals surface area (Å²) in [5.41, 5.74) is 1.86. The van der Waals surface area contributed by atoms with Gasteiger partial charge in [0.15, 0.2) is 0 Å². The van der Waals surface area contributed by atoms with Crippen molar-refractivity contribution in [2.45, 2.75) is 24.1 Å². The second-order valence-corrected chi connectivity index (χ2v) is 4.04. The predicted molar refractivity (Wildman–Crippen MR) is 68.3 cm³/mol. The largest absolute Gasteiger partial charge is 0.466 e. The minimum atomic E-state index is -0.312. The molecule has 0 aromatic heterocycles. The van der Waals surface area contributed by atoms with Crippen molar-refractivity contribution < 1.29 is 9.53 Å². The Morgan fingerprint density at radius 2 is 2.29 bits per heavy atom. The molecular formula is C12H12ClNO2S. The highest BCUT2D eigenvalue weighted by Crippen LogP contribution is 2.25. The van der Waals surface area contributed by atoms with E-state index in [4.69, 9.17) is 21.6 Å². The molecular weight excluding hydrogens is 258 g/mol. The van der Waals surface area contributed by atoms with Gasteiger partial charge >= 0.3 is 5.97 Å². The SMILES string of the molecule is CCOC(=O)Cc1ccc(C#N)c(CCl)c1S. The van der Waals surface area contributed by atoms with Crippen molar-refractivity contribution in [3.05, 3.63) is 28.8 Å². The smallest absolute Gasteiger partial charge is 0.310 e. The van der Waals surface area contributed by atoms with Crippen LogP contribution in [0.3, 0.4) is 0 Å². The van der Waals surface area contributed by atoms with Crippen molar-refractivity contribution in [1.82, 2.24) is 0 Å². The molecule has 0 aliphatic heterocycles. The molecule has 0 atom stereocenters. The minimum Gasteiger partial charge on any atom is -0.466 e. The Bertz CT molecular complexity index is 468. The third kappa shape index (κ3) is 3.39. The summed E-state index contributed by atoms with van der Waals surface area (Å²) in [5.74, 6) is -0.119. The minimum absolute atomic E-state index is 0.141. The molecule has 3 nitrogen and oxygen atoms in total. The molecule has 0 aliphatic rings. The molecule has 0 fully saturated rings. The lowest BCUT2D eigenvalue weighted by Gasteiger charge is -2.10. The Balaban J connectivity index is 3.03. The van der Waals surface area contributed by atoms with Gasteiger partial charge in [0, 0.05) is 10.8 Å². The lowest BCUT2D eigenvalue weighted by atomic mass is 10.0. The maximum atomic E-state index is 11.4. The van der Waals surface area contributed by atoms with Crippen LogP contribution in [0.1, 0.15) is 23.6 Å². The van der Waals surface area contributed by atoms with Crippen LogP contribution in [0.2, 0.25) is 0 Å². The molecule has 0 aliphatic carbocycles. The van der Waals surface area contributed by atoms with Crippen LogP contribution < -0.4 is 0 Å². The Hall–Kier alpha value is -1.18. The number of hydrogen-bond acceptors (Lipinski definition) is 4. The molecule has 0 saturated carbocycles. The van der Waals surface area contributed by atoms with Gasteiger partial charge in [0.2, 0.25) is 0 Å². The number of ether oxygens (including phenoxy) is 1. The Morgan fingerprint density at radius 1 is 1.59 bits per heavy atom. The van der Waals surface area contributed by atoms with Gasteiger partial charge in [0.05, 0.1) is 24.7 Å². The zero-order chi connectivity index (χ0) is 12.8. The number of hydrogen-bond donors (Lipinski definition) is 1. The molecule has 0 radical (unpaired) electrons. The van der Waals surface area contributed by atoms with Gasteiger partial charge in [-0.2, -0.15) is 5.26 Å². The second-order valence-electron chi connectivity index (χ2n) is 3.33. The molecule has 1 aromatic rings. The molecule has 0 spiro atoms. The van der Waals surface area contributed by atoms with Gasteiger partial charge in [-0.05, 0) is 24.1 Å². The van der Waals surface area contributed by atoms with Crippen molar-refractivity contribution in [3.63, 3.8) is 0 Å². The van der Waals surface area contributed by atoms with E-state index in [1.54, 1.807) is 19.1 Å². The van der Waals surface area contributed by atoms with Gasteiger partial charge in [-0.3, -0.25) is 4.79 Å². The van der Waals surface area contributed by atoms with E-state index in [2.05, 4.69) is 12.6 Å². The third-order valence-electron chi connectivity index (χ3n) is 2.26. The fourth-order valence-corrected chi connectivity index (χ4v) is 2.16. The molecule has 0 bridgehead atoms. The lowest BCUT2D eigenvalue weighted by Crippen LogP contribution is -2.09. The highest BCUT2D eigenvalue weighted by molar-refractivity contribution is 7.80. The molecule has 5 heteroatoms. The molecule has 0 unspecified atom stereocenters. The molecule has 0 amide bonds. The van der Waals surface area contributed by atoms with E-state index in [0.717, 1.165) is 5.56 Å². The summed E-state index contributed by atoms with van der Waals surface area (Å²) < 4.78 is 4.86. The maximum Gasteiger partial charge on any atom is 0.310 e. The molecule has 1 aromatic carbocycles. The normalized spacial score (nSPS) is 9.76. The van der Waals surface area contributed by atoms with E-state index >= 15 is 0 Å². The average molecular weight is 270 g/mol. The molecule has 0 saturated heterocycles. The Morgan fingerprint density at radius 3 is 2.82 bits per heavy atom. The van der Waals surface area contributed by atoms with Gasteiger partial charge in [-0.1, -0.05) is 6.07 Å². The fourth-order valence-electron chi connectivity index (χ4n) is 1.44. The van der Waals surface area contributed by atoms with Crippen LogP contribution in [0.25, 0.3) is 0 Å². The lowest BCUT2D eigenvalue weighted by molar-refractivity contribution is -0.142. The topological polar surface area (TPSA) is 50.1 Å². The highest BCUT2D eigenvalue weighted by Gasteiger charge is 2.13. The first-order valence-electron chi connectivity index (χ1n) is 5.09. The molecule has 1 rings (SSSR count). The van der Waals surface area contributed by atoms with Crippen molar-refractivity contribution in [1.29, 1.82) is 5.26 Å². The van der Waals surface area contributed by atoms with Crippen LogP contribution >= 0.6 is 24.2 Å². The number of nitrogens with zero attached hydrogens (tertiary/aromatic N) is 1. The van der Waals surface area contributed by atoms with E-state index in [1.165, 1.54) is 0 Å². The maximum absolute atomic E-state index is 11.4. The zero-order valence-corrected chi connectivity index (χ0v) is 11.0. The quantitative estimate of drug-likeness (QED) is 0.519. The summed E-state index contributed by atoms with van der Waals surface area (Å²) in [6, 6.07) is 5.39. The first-order chi connectivity index (χ1) is 8.13. The monoisotopic (exact) mass is 269 g/mol. The zero-order valence-electron chi connectivity index (χ0n) is 9.36. The van der Waals surface area contributed by atoms with Crippen LogP contribution in [-0.2, 0) is 21.8 Å². The summed E-state index contributed by atoms with van der Waals surface area (Å²) in [6.45, 7) is 2.10.